The van der Waals surface area contributed by atoms with Crippen molar-refractivity contribution >= 4 is 5.78 Å². The van der Waals surface area contributed by atoms with Gasteiger partial charge < -0.3 is 4.74 Å². The quantitative estimate of drug-likeness (QED) is 0.805. The lowest BCUT2D eigenvalue weighted by Gasteiger charge is -2.16. The first-order valence-corrected chi connectivity index (χ1v) is 7.64. The number of ether oxygens (including phenoxy) is 1. The number of ketones is 1. The van der Waals surface area contributed by atoms with Gasteiger partial charge in [0, 0.05) is 29.5 Å². The van der Waals surface area contributed by atoms with Gasteiger partial charge in [-0.1, -0.05) is 0 Å². The molecule has 1 atom stereocenters. The minimum absolute atomic E-state index is 0.0507. The van der Waals surface area contributed by atoms with Crippen LogP contribution in [0.3, 0.4) is 0 Å². The molecule has 2 aliphatic rings. The Balaban J connectivity index is 1.85. The topological polar surface area (TPSA) is 39.2 Å². The summed E-state index contributed by atoms with van der Waals surface area (Å²) < 4.78 is 19.7. The Bertz CT molecular complexity index is 785. The summed E-state index contributed by atoms with van der Waals surface area (Å²) in [6, 6.07) is 6.61. The van der Waals surface area contributed by atoms with E-state index in [0.29, 0.717) is 29.7 Å². The maximum Gasteiger partial charge on any atom is 0.164 e. The van der Waals surface area contributed by atoms with E-state index in [1.807, 2.05) is 13.0 Å². The highest BCUT2D eigenvalue weighted by molar-refractivity contribution is 5.98. The van der Waals surface area contributed by atoms with Gasteiger partial charge in [0.1, 0.15) is 17.7 Å². The Morgan fingerprint density at radius 3 is 2.95 bits per heavy atom. The van der Waals surface area contributed by atoms with Gasteiger partial charge in [-0.05, 0) is 44.0 Å². The molecule has 0 saturated carbocycles. The second-order valence-corrected chi connectivity index (χ2v) is 6.04. The molecule has 3 nitrogen and oxygen atoms in total. The summed E-state index contributed by atoms with van der Waals surface area (Å²) >= 11 is 0. The molecule has 0 saturated heterocycles. The molecule has 4 heteroatoms. The number of rotatable bonds is 1. The number of fused-ring (bicyclic) bond motifs is 2. The van der Waals surface area contributed by atoms with E-state index in [0.717, 1.165) is 29.8 Å². The SMILES string of the molecule is CC1Cc2cc(F)cc(-c3ccc4c(n3)CCCC4=O)c2O1. The average molecular weight is 297 g/mol. The molecule has 0 amide bonds. The molecule has 0 N–H and O–H groups in total. The number of benzene rings is 1. The van der Waals surface area contributed by atoms with Crippen LogP contribution in [0, 0.1) is 5.82 Å². The summed E-state index contributed by atoms with van der Waals surface area (Å²) in [7, 11) is 0. The van der Waals surface area contributed by atoms with Gasteiger partial charge in [-0.15, -0.1) is 0 Å². The molecule has 0 fully saturated rings. The lowest BCUT2D eigenvalue weighted by atomic mass is 9.93. The number of hydrogen-bond donors (Lipinski definition) is 0. The lowest BCUT2D eigenvalue weighted by molar-refractivity contribution is 0.0971. The highest BCUT2D eigenvalue weighted by Gasteiger charge is 2.26. The number of hydrogen-bond acceptors (Lipinski definition) is 3. The summed E-state index contributed by atoms with van der Waals surface area (Å²) in [5.74, 6) is 0.597. The molecule has 1 aromatic carbocycles. The Kier molecular flexibility index (Phi) is 2.99. The van der Waals surface area contributed by atoms with E-state index in [1.165, 1.54) is 12.1 Å². The van der Waals surface area contributed by atoms with Crippen LogP contribution in [0.15, 0.2) is 24.3 Å². The number of halogens is 1. The van der Waals surface area contributed by atoms with Gasteiger partial charge in [0.05, 0.1) is 11.4 Å². The molecule has 1 aromatic heterocycles. The zero-order chi connectivity index (χ0) is 15.3. The van der Waals surface area contributed by atoms with Crippen LogP contribution in [0.2, 0.25) is 0 Å². The van der Waals surface area contributed by atoms with Gasteiger partial charge in [-0.3, -0.25) is 9.78 Å². The maximum absolute atomic E-state index is 13.9. The van der Waals surface area contributed by atoms with Crippen molar-refractivity contribution in [3.05, 3.63) is 46.9 Å². The number of nitrogens with zero attached hydrogens (tertiary/aromatic N) is 1. The van der Waals surface area contributed by atoms with Crippen LogP contribution in [-0.2, 0) is 12.8 Å². The Morgan fingerprint density at radius 2 is 2.09 bits per heavy atom. The molecule has 112 valence electrons. The third kappa shape index (κ3) is 2.10. The summed E-state index contributed by atoms with van der Waals surface area (Å²) in [4.78, 5) is 16.5. The van der Waals surface area contributed by atoms with E-state index in [4.69, 9.17) is 4.74 Å². The minimum atomic E-state index is -0.276. The number of pyridine rings is 1. The van der Waals surface area contributed by atoms with Gasteiger partial charge in [0.2, 0.25) is 0 Å². The van der Waals surface area contributed by atoms with Crippen LogP contribution in [0.25, 0.3) is 11.3 Å². The Hall–Kier alpha value is -2.23. The maximum atomic E-state index is 13.9. The third-order valence-electron chi connectivity index (χ3n) is 4.32. The van der Waals surface area contributed by atoms with Crippen molar-refractivity contribution in [3.63, 3.8) is 0 Å². The molecule has 4 rings (SSSR count). The first-order valence-electron chi connectivity index (χ1n) is 7.64. The standard InChI is InChI=1S/C18H16FNO2/c1-10-7-11-8-12(19)9-14(18(11)22-10)16-6-5-13-15(20-16)3-2-4-17(13)21/h5-6,8-10H,2-4,7H2,1H3. The molecule has 1 unspecified atom stereocenters. The molecular formula is C18H16FNO2. The first-order chi connectivity index (χ1) is 10.6. The van der Waals surface area contributed by atoms with Crippen LogP contribution in [0.5, 0.6) is 5.75 Å². The molecule has 0 bridgehead atoms. The van der Waals surface area contributed by atoms with Crippen molar-refractivity contribution in [2.75, 3.05) is 0 Å². The fourth-order valence-electron chi connectivity index (χ4n) is 3.33. The van der Waals surface area contributed by atoms with E-state index < -0.39 is 0 Å². The third-order valence-corrected chi connectivity index (χ3v) is 4.32. The van der Waals surface area contributed by atoms with E-state index >= 15 is 0 Å². The molecule has 2 aromatic rings. The smallest absolute Gasteiger partial charge is 0.164 e. The van der Waals surface area contributed by atoms with Gasteiger partial charge in [0.25, 0.3) is 0 Å². The predicted molar refractivity (Wildman–Crippen MR) is 80.7 cm³/mol. The van der Waals surface area contributed by atoms with Crippen LogP contribution in [0.4, 0.5) is 4.39 Å². The number of aromatic nitrogens is 1. The van der Waals surface area contributed by atoms with E-state index in [2.05, 4.69) is 4.98 Å². The molecule has 22 heavy (non-hydrogen) atoms. The zero-order valence-corrected chi connectivity index (χ0v) is 12.4. The van der Waals surface area contributed by atoms with Crippen molar-refractivity contribution in [2.24, 2.45) is 0 Å². The second-order valence-electron chi connectivity index (χ2n) is 6.04. The highest BCUT2D eigenvalue weighted by atomic mass is 19.1. The fraction of sp³-hybridized carbons (Fsp3) is 0.333. The molecular weight excluding hydrogens is 281 g/mol. The largest absolute Gasteiger partial charge is 0.489 e. The summed E-state index contributed by atoms with van der Waals surface area (Å²) in [5, 5.41) is 0. The normalized spacial score (nSPS) is 19.5. The van der Waals surface area contributed by atoms with Crippen molar-refractivity contribution in [2.45, 2.75) is 38.7 Å². The zero-order valence-electron chi connectivity index (χ0n) is 12.4. The first kappa shape index (κ1) is 13.4. The summed E-state index contributed by atoms with van der Waals surface area (Å²) in [6.07, 6.45) is 2.98. The van der Waals surface area contributed by atoms with Crippen LogP contribution < -0.4 is 4.74 Å². The van der Waals surface area contributed by atoms with Crippen molar-refractivity contribution in [1.82, 2.24) is 4.98 Å². The van der Waals surface area contributed by atoms with Gasteiger partial charge in [-0.2, -0.15) is 0 Å². The molecule has 2 heterocycles. The average Bonchev–Trinajstić information content (AvgIpc) is 2.86. The number of aryl methyl sites for hydroxylation is 1. The predicted octanol–water partition coefficient (Wildman–Crippen LogP) is 3.73. The summed E-state index contributed by atoms with van der Waals surface area (Å²) in [6.45, 7) is 1.97. The number of carbonyl (C=O) groups excluding carboxylic acids is 1. The van der Waals surface area contributed by atoms with E-state index in [1.54, 1.807) is 6.07 Å². The lowest BCUT2D eigenvalue weighted by Crippen LogP contribution is -2.12. The fourth-order valence-corrected chi connectivity index (χ4v) is 3.33. The molecule has 0 radical (unpaired) electrons. The number of carbonyl (C=O) groups is 1. The van der Waals surface area contributed by atoms with Crippen molar-refractivity contribution in [3.8, 4) is 17.0 Å². The van der Waals surface area contributed by atoms with E-state index in [-0.39, 0.29) is 17.7 Å². The van der Waals surface area contributed by atoms with Crippen LogP contribution >= 0.6 is 0 Å². The van der Waals surface area contributed by atoms with Gasteiger partial charge >= 0.3 is 0 Å². The van der Waals surface area contributed by atoms with Gasteiger partial charge in [0.15, 0.2) is 5.78 Å². The monoisotopic (exact) mass is 297 g/mol. The van der Waals surface area contributed by atoms with Crippen LogP contribution in [0.1, 0.15) is 41.4 Å². The highest BCUT2D eigenvalue weighted by Crippen LogP contribution is 2.39. The van der Waals surface area contributed by atoms with E-state index in [9.17, 15) is 9.18 Å². The minimum Gasteiger partial charge on any atom is -0.489 e. The van der Waals surface area contributed by atoms with Crippen molar-refractivity contribution < 1.29 is 13.9 Å². The Morgan fingerprint density at radius 1 is 1.23 bits per heavy atom. The van der Waals surface area contributed by atoms with Crippen molar-refractivity contribution in [1.29, 1.82) is 0 Å². The molecule has 0 spiro atoms. The van der Waals surface area contributed by atoms with Gasteiger partial charge in [-0.25, -0.2) is 4.39 Å². The number of Topliss-reactive ketones (excluding diaryl/α,β-unsaturated/α-hetero) is 1. The molecule has 1 aliphatic heterocycles. The van der Waals surface area contributed by atoms with Crippen LogP contribution in [-0.4, -0.2) is 16.9 Å². The second kappa shape index (κ2) is 4.90. The molecule has 1 aliphatic carbocycles. The Labute approximate surface area is 128 Å². The summed E-state index contributed by atoms with van der Waals surface area (Å²) in [5.41, 5.74) is 3.77.